The normalized spacial score (nSPS) is 20.0. The summed E-state index contributed by atoms with van der Waals surface area (Å²) in [5.74, 6) is 0.829. The number of anilines is 1. The molecule has 2 heterocycles. The lowest BCUT2D eigenvalue weighted by molar-refractivity contribution is 0.101. The molecule has 1 saturated heterocycles. The summed E-state index contributed by atoms with van der Waals surface area (Å²) in [7, 11) is 0. The van der Waals surface area contributed by atoms with E-state index in [1.54, 1.807) is 6.92 Å². The van der Waals surface area contributed by atoms with Crippen LogP contribution in [0.3, 0.4) is 0 Å². The van der Waals surface area contributed by atoms with Gasteiger partial charge in [0.25, 0.3) is 0 Å². The molecule has 0 radical (unpaired) electrons. The highest BCUT2D eigenvalue weighted by atomic mass is 16.5. The molecule has 0 unspecified atom stereocenters. The van der Waals surface area contributed by atoms with Gasteiger partial charge in [-0.3, -0.25) is 0 Å². The van der Waals surface area contributed by atoms with Gasteiger partial charge < -0.3 is 19.7 Å². The van der Waals surface area contributed by atoms with Crippen LogP contribution in [0.2, 0.25) is 0 Å². The van der Waals surface area contributed by atoms with Crippen molar-refractivity contribution in [3.8, 4) is 0 Å². The van der Waals surface area contributed by atoms with Crippen molar-refractivity contribution in [1.29, 1.82) is 0 Å². The minimum absolute atomic E-state index is 0.371. The maximum absolute atomic E-state index is 9.46. The molecule has 1 aliphatic rings. The van der Waals surface area contributed by atoms with E-state index in [0.717, 1.165) is 43.0 Å². The zero-order chi connectivity index (χ0) is 14.7. The molecule has 114 valence electrons. The smallest absolute Gasteiger partial charge is 0.203 e. The summed E-state index contributed by atoms with van der Waals surface area (Å²) < 4.78 is 7.90. The number of aromatic nitrogens is 2. The van der Waals surface area contributed by atoms with Gasteiger partial charge in [-0.15, -0.1) is 0 Å². The van der Waals surface area contributed by atoms with Crippen LogP contribution in [0.25, 0.3) is 11.0 Å². The van der Waals surface area contributed by atoms with Gasteiger partial charge in [0.15, 0.2) is 0 Å². The third-order valence-corrected chi connectivity index (χ3v) is 3.91. The molecule has 1 aliphatic heterocycles. The maximum Gasteiger partial charge on any atom is 0.203 e. The number of fused-ring (bicyclic) bond motifs is 1. The number of hydrogen-bond acceptors (Lipinski definition) is 4. The predicted octanol–water partition coefficient (Wildman–Crippen LogP) is 2.40. The third kappa shape index (κ3) is 3.36. The second-order valence-corrected chi connectivity index (χ2v) is 5.73. The predicted molar refractivity (Wildman–Crippen MR) is 83.5 cm³/mol. The molecule has 0 saturated carbocycles. The Morgan fingerprint density at radius 3 is 3.10 bits per heavy atom. The standard InChI is InChI=1S/C16H23N3O2/c1-12(20)11-17-16-18-14-6-2-3-7-15(14)19(16)9-8-13-5-4-10-21-13/h2-3,6-7,12-13,20H,4-5,8-11H2,1H3,(H,17,18)/t12-,13+/m1/s1. The Bertz CT molecular complexity index is 588. The summed E-state index contributed by atoms with van der Waals surface area (Å²) in [5.41, 5.74) is 2.11. The minimum atomic E-state index is -0.392. The van der Waals surface area contributed by atoms with Crippen molar-refractivity contribution in [2.75, 3.05) is 18.5 Å². The highest BCUT2D eigenvalue weighted by Gasteiger charge is 2.17. The number of nitrogens with zero attached hydrogens (tertiary/aromatic N) is 2. The summed E-state index contributed by atoms with van der Waals surface area (Å²) >= 11 is 0. The number of aliphatic hydroxyl groups excluding tert-OH is 1. The molecule has 3 rings (SSSR count). The second-order valence-electron chi connectivity index (χ2n) is 5.73. The van der Waals surface area contributed by atoms with Crippen molar-refractivity contribution >= 4 is 17.0 Å². The van der Waals surface area contributed by atoms with Crippen LogP contribution in [0.15, 0.2) is 24.3 Å². The Labute approximate surface area is 124 Å². The molecular formula is C16H23N3O2. The van der Waals surface area contributed by atoms with Gasteiger partial charge in [-0.1, -0.05) is 12.1 Å². The largest absolute Gasteiger partial charge is 0.392 e. The fraction of sp³-hybridized carbons (Fsp3) is 0.562. The van der Waals surface area contributed by atoms with Crippen LogP contribution in [-0.2, 0) is 11.3 Å². The van der Waals surface area contributed by atoms with Crippen LogP contribution >= 0.6 is 0 Å². The number of hydrogen-bond donors (Lipinski definition) is 2. The Kier molecular flexibility index (Phi) is 4.41. The first-order valence-corrected chi connectivity index (χ1v) is 7.73. The summed E-state index contributed by atoms with van der Waals surface area (Å²) in [6.45, 7) is 4.05. The van der Waals surface area contributed by atoms with E-state index in [1.165, 1.54) is 6.42 Å². The molecule has 21 heavy (non-hydrogen) atoms. The molecule has 1 fully saturated rings. The summed E-state index contributed by atoms with van der Waals surface area (Å²) in [6, 6.07) is 8.14. The molecule has 2 N–H and O–H groups in total. The van der Waals surface area contributed by atoms with Crippen LogP contribution in [-0.4, -0.2) is 40.0 Å². The highest BCUT2D eigenvalue weighted by Crippen LogP contribution is 2.22. The molecule has 0 amide bonds. The Morgan fingerprint density at radius 2 is 2.33 bits per heavy atom. The number of para-hydroxylation sites is 2. The molecule has 5 heteroatoms. The average molecular weight is 289 g/mol. The fourth-order valence-corrected chi connectivity index (χ4v) is 2.82. The van der Waals surface area contributed by atoms with E-state index in [1.807, 2.05) is 18.2 Å². The van der Waals surface area contributed by atoms with Crippen LogP contribution in [0.1, 0.15) is 26.2 Å². The number of rotatable bonds is 6. The van der Waals surface area contributed by atoms with Crippen LogP contribution in [0.4, 0.5) is 5.95 Å². The van der Waals surface area contributed by atoms with E-state index < -0.39 is 6.10 Å². The van der Waals surface area contributed by atoms with Gasteiger partial charge in [-0.25, -0.2) is 4.98 Å². The van der Waals surface area contributed by atoms with Gasteiger partial charge in [0.1, 0.15) is 0 Å². The second kappa shape index (κ2) is 6.45. The van der Waals surface area contributed by atoms with Gasteiger partial charge in [-0.05, 0) is 38.3 Å². The molecule has 0 spiro atoms. The van der Waals surface area contributed by atoms with Gasteiger partial charge in [0, 0.05) is 19.7 Å². The number of aryl methyl sites for hydroxylation is 1. The van der Waals surface area contributed by atoms with Crippen LogP contribution < -0.4 is 5.32 Å². The van der Waals surface area contributed by atoms with Crippen LogP contribution in [0.5, 0.6) is 0 Å². The van der Waals surface area contributed by atoms with Gasteiger partial charge >= 0.3 is 0 Å². The van der Waals surface area contributed by atoms with Crippen molar-refractivity contribution in [3.05, 3.63) is 24.3 Å². The molecule has 2 aromatic rings. The van der Waals surface area contributed by atoms with E-state index in [-0.39, 0.29) is 0 Å². The van der Waals surface area contributed by atoms with E-state index >= 15 is 0 Å². The van der Waals surface area contributed by atoms with Gasteiger partial charge in [-0.2, -0.15) is 0 Å². The number of benzene rings is 1. The fourth-order valence-electron chi connectivity index (χ4n) is 2.82. The Morgan fingerprint density at radius 1 is 1.48 bits per heavy atom. The number of nitrogens with one attached hydrogen (secondary N) is 1. The zero-order valence-electron chi connectivity index (χ0n) is 12.5. The topological polar surface area (TPSA) is 59.3 Å². The third-order valence-electron chi connectivity index (χ3n) is 3.91. The molecule has 5 nitrogen and oxygen atoms in total. The maximum atomic E-state index is 9.46. The van der Waals surface area contributed by atoms with E-state index in [4.69, 9.17) is 4.74 Å². The van der Waals surface area contributed by atoms with Crippen molar-refractivity contribution < 1.29 is 9.84 Å². The van der Waals surface area contributed by atoms with Crippen molar-refractivity contribution in [2.24, 2.45) is 0 Å². The number of imidazole rings is 1. The van der Waals surface area contributed by atoms with Crippen molar-refractivity contribution in [2.45, 2.75) is 44.9 Å². The Balaban J connectivity index is 1.80. The van der Waals surface area contributed by atoms with Crippen LogP contribution in [0, 0.1) is 0 Å². The van der Waals surface area contributed by atoms with Crippen molar-refractivity contribution in [3.63, 3.8) is 0 Å². The molecule has 1 aromatic heterocycles. The van der Waals surface area contributed by atoms with E-state index in [2.05, 4.69) is 20.9 Å². The Hall–Kier alpha value is -1.59. The van der Waals surface area contributed by atoms with Crippen molar-refractivity contribution in [1.82, 2.24) is 9.55 Å². The lowest BCUT2D eigenvalue weighted by Crippen LogP contribution is -2.19. The molecule has 0 aliphatic carbocycles. The lowest BCUT2D eigenvalue weighted by Gasteiger charge is -2.14. The molecule has 1 aromatic carbocycles. The zero-order valence-corrected chi connectivity index (χ0v) is 12.5. The number of aliphatic hydroxyl groups is 1. The SMILES string of the molecule is C[C@@H](O)CNc1nc2ccccc2n1CC[C@@H]1CCCO1. The summed E-state index contributed by atoms with van der Waals surface area (Å²) in [5, 5.41) is 12.7. The van der Waals surface area contributed by atoms with Gasteiger partial charge in [0.05, 0.1) is 23.2 Å². The molecule has 2 atom stereocenters. The first-order chi connectivity index (χ1) is 10.2. The monoisotopic (exact) mass is 289 g/mol. The quantitative estimate of drug-likeness (QED) is 0.857. The van der Waals surface area contributed by atoms with E-state index in [9.17, 15) is 5.11 Å². The highest BCUT2D eigenvalue weighted by molar-refractivity contribution is 5.78. The number of ether oxygens (including phenoxy) is 1. The average Bonchev–Trinajstić information content (AvgIpc) is 3.10. The van der Waals surface area contributed by atoms with Gasteiger partial charge in [0.2, 0.25) is 5.95 Å². The molecular weight excluding hydrogens is 266 g/mol. The lowest BCUT2D eigenvalue weighted by atomic mass is 10.2. The first-order valence-electron chi connectivity index (χ1n) is 7.73. The summed E-state index contributed by atoms with van der Waals surface area (Å²) in [6.07, 6.45) is 3.31. The minimum Gasteiger partial charge on any atom is -0.392 e. The summed E-state index contributed by atoms with van der Waals surface area (Å²) in [4.78, 5) is 4.63. The molecule has 0 bridgehead atoms. The first kappa shape index (κ1) is 14.4. The van der Waals surface area contributed by atoms with E-state index in [0.29, 0.717) is 12.6 Å².